The topological polar surface area (TPSA) is 47.0 Å². The predicted molar refractivity (Wildman–Crippen MR) is 40.9 cm³/mol. The third kappa shape index (κ3) is 2.82. The van der Waals surface area contributed by atoms with E-state index in [-0.39, 0.29) is 6.15 Å². The molecule has 0 aromatic carbocycles. The third-order valence-corrected chi connectivity index (χ3v) is 1.98. The molecule has 1 aliphatic rings. The summed E-state index contributed by atoms with van der Waals surface area (Å²) >= 11 is 0. The molecular formula is C7H18N2. The van der Waals surface area contributed by atoms with Crippen LogP contribution >= 0.6 is 0 Å². The minimum absolute atomic E-state index is 0. The molecule has 0 saturated carbocycles. The number of rotatable bonds is 1. The van der Waals surface area contributed by atoms with Gasteiger partial charge in [-0.2, -0.15) is 0 Å². The zero-order chi connectivity index (χ0) is 5.82. The number of nitrogens with one attached hydrogen (secondary N) is 1. The Bertz CT molecular complexity index is 57.9. The second-order valence-electron chi connectivity index (χ2n) is 2.62. The van der Waals surface area contributed by atoms with E-state index in [2.05, 4.69) is 12.2 Å². The van der Waals surface area contributed by atoms with E-state index in [4.69, 9.17) is 0 Å². The van der Waals surface area contributed by atoms with Crippen LogP contribution in [0.5, 0.6) is 0 Å². The van der Waals surface area contributed by atoms with Gasteiger partial charge in [-0.05, 0) is 31.8 Å². The summed E-state index contributed by atoms with van der Waals surface area (Å²) in [5, 5.41) is 3.39. The molecule has 0 radical (unpaired) electrons. The van der Waals surface area contributed by atoms with Gasteiger partial charge in [0.15, 0.2) is 0 Å². The van der Waals surface area contributed by atoms with Crippen molar-refractivity contribution in [1.82, 2.24) is 11.5 Å². The lowest BCUT2D eigenvalue weighted by molar-refractivity contribution is 0.369. The monoisotopic (exact) mass is 130 g/mol. The second-order valence-corrected chi connectivity index (χ2v) is 2.62. The smallest absolute Gasteiger partial charge is 0.00206 e. The van der Waals surface area contributed by atoms with Gasteiger partial charge < -0.3 is 11.5 Å². The van der Waals surface area contributed by atoms with Crippen LogP contribution in [0.3, 0.4) is 0 Å². The highest BCUT2D eigenvalue weighted by molar-refractivity contribution is 4.66. The molecule has 56 valence electrons. The van der Waals surface area contributed by atoms with Crippen molar-refractivity contribution in [1.29, 1.82) is 0 Å². The highest BCUT2D eigenvalue weighted by atomic mass is 14.9. The Hall–Kier alpha value is -0.0800. The maximum atomic E-state index is 3.39. The number of piperidine rings is 1. The Morgan fingerprint density at radius 2 is 2.33 bits per heavy atom. The fourth-order valence-electron chi connectivity index (χ4n) is 1.27. The molecule has 1 saturated heterocycles. The average Bonchev–Trinajstić information content (AvgIpc) is 1.90. The Balaban J connectivity index is 0.000000640. The average molecular weight is 130 g/mol. The van der Waals surface area contributed by atoms with E-state index in [0.29, 0.717) is 0 Å². The van der Waals surface area contributed by atoms with Crippen molar-refractivity contribution < 1.29 is 0 Å². The molecule has 0 bridgehead atoms. The van der Waals surface area contributed by atoms with E-state index < -0.39 is 0 Å². The number of hydrogen-bond donors (Lipinski definition) is 2. The van der Waals surface area contributed by atoms with Crippen molar-refractivity contribution in [2.75, 3.05) is 13.1 Å². The highest BCUT2D eigenvalue weighted by Crippen LogP contribution is 2.12. The summed E-state index contributed by atoms with van der Waals surface area (Å²) in [6, 6.07) is 0. The maximum absolute atomic E-state index is 3.39. The lowest BCUT2D eigenvalue weighted by Gasteiger charge is -2.20. The quantitative estimate of drug-likeness (QED) is 0.566. The van der Waals surface area contributed by atoms with Crippen LogP contribution in [0.25, 0.3) is 0 Å². The molecule has 1 aliphatic heterocycles. The van der Waals surface area contributed by atoms with Crippen molar-refractivity contribution in [3.8, 4) is 0 Å². The van der Waals surface area contributed by atoms with Gasteiger partial charge in [-0.25, -0.2) is 0 Å². The third-order valence-electron chi connectivity index (χ3n) is 1.98. The van der Waals surface area contributed by atoms with E-state index in [1.807, 2.05) is 0 Å². The van der Waals surface area contributed by atoms with Crippen molar-refractivity contribution in [3.05, 3.63) is 0 Å². The molecule has 0 spiro atoms. The molecule has 2 heteroatoms. The molecule has 0 amide bonds. The van der Waals surface area contributed by atoms with E-state index in [9.17, 15) is 0 Å². The first-order chi connectivity index (χ1) is 3.93. The van der Waals surface area contributed by atoms with Crippen LogP contribution in [0.15, 0.2) is 0 Å². The second kappa shape index (κ2) is 4.77. The zero-order valence-electron chi connectivity index (χ0n) is 6.32. The van der Waals surface area contributed by atoms with Crippen molar-refractivity contribution in [2.24, 2.45) is 5.92 Å². The summed E-state index contributed by atoms with van der Waals surface area (Å²) in [6.07, 6.45) is 4.19. The van der Waals surface area contributed by atoms with Crippen LogP contribution < -0.4 is 11.5 Å². The summed E-state index contributed by atoms with van der Waals surface area (Å²) in [5.74, 6) is 0.976. The van der Waals surface area contributed by atoms with Crippen LogP contribution in [0, 0.1) is 5.92 Å². The first kappa shape index (κ1) is 8.92. The summed E-state index contributed by atoms with van der Waals surface area (Å²) < 4.78 is 0. The summed E-state index contributed by atoms with van der Waals surface area (Å²) in [7, 11) is 0. The molecule has 0 aromatic rings. The standard InChI is InChI=1S/C7H15N.H3N/c1-2-7-4-3-5-8-6-7;/h7-8H,2-6H2,1H3;1H3. The molecule has 1 heterocycles. The van der Waals surface area contributed by atoms with Gasteiger partial charge >= 0.3 is 0 Å². The minimum atomic E-state index is 0. The lowest BCUT2D eigenvalue weighted by Crippen LogP contribution is -2.29. The summed E-state index contributed by atoms with van der Waals surface area (Å²) in [6.45, 7) is 4.78. The fraction of sp³-hybridized carbons (Fsp3) is 1.00. The molecule has 1 atom stereocenters. The Labute approximate surface area is 57.6 Å². The molecule has 1 fully saturated rings. The van der Waals surface area contributed by atoms with Gasteiger partial charge in [-0.3, -0.25) is 0 Å². The van der Waals surface area contributed by atoms with Gasteiger partial charge in [0.1, 0.15) is 0 Å². The Morgan fingerprint density at radius 1 is 1.56 bits per heavy atom. The number of hydrogen-bond acceptors (Lipinski definition) is 2. The van der Waals surface area contributed by atoms with E-state index in [1.54, 1.807) is 0 Å². The Kier molecular flexibility index (Phi) is 4.72. The van der Waals surface area contributed by atoms with Crippen molar-refractivity contribution in [2.45, 2.75) is 26.2 Å². The molecular weight excluding hydrogens is 112 g/mol. The van der Waals surface area contributed by atoms with Crippen molar-refractivity contribution >= 4 is 0 Å². The fourth-order valence-corrected chi connectivity index (χ4v) is 1.27. The van der Waals surface area contributed by atoms with Gasteiger partial charge in [0, 0.05) is 0 Å². The molecule has 1 unspecified atom stereocenters. The van der Waals surface area contributed by atoms with Crippen LogP contribution in [0.2, 0.25) is 0 Å². The van der Waals surface area contributed by atoms with Gasteiger partial charge in [0.25, 0.3) is 0 Å². The SMILES string of the molecule is CCC1CCCNC1.N. The molecule has 0 aromatic heterocycles. The van der Waals surface area contributed by atoms with Crippen LogP contribution in [-0.2, 0) is 0 Å². The molecule has 0 aliphatic carbocycles. The van der Waals surface area contributed by atoms with E-state index >= 15 is 0 Å². The first-order valence-electron chi connectivity index (χ1n) is 3.64. The van der Waals surface area contributed by atoms with Crippen LogP contribution in [0.4, 0.5) is 0 Å². The first-order valence-corrected chi connectivity index (χ1v) is 3.64. The van der Waals surface area contributed by atoms with Gasteiger partial charge in [-0.15, -0.1) is 0 Å². The predicted octanol–water partition coefficient (Wildman–Crippen LogP) is 1.56. The van der Waals surface area contributed by atoms with E-state index in [1.165, 1.54) is 32.4 Å². The molecule has 4 N–H and O–H groups in total. The van der Waals surface area contributed by atoms with Gasteiger partial charge in [0.2, 0.25) is 0 Å². The summed E-state index contributed by atoms with van der Waals surface area (Å²) in [4.78, 5) is 0. The molecule has 9 heavy (non-hydrogen) atoms. The lowest BCUT2D eigenvalue weighted by atomic mass is 9.97. The van der Waals surface area contributed by atoms with Crippen LogP contribution in [-0.4, -0.2) is 13.1 Å². The van der Waals surface area contributed by atoms with E-state index in [0.717, 1.165) is 5.92 Å². The van der Waals surface area contributed by atoms with Gasteiger partial charge in [0.05, 0.1) is 0 Å². The molecule has 2 nitrogen and oxygen atoms in total. The molecule has 1 rings (SSSR count). The highest BCUT2D eigenvalue weighted by Gasteiger charge is 2.08. The Morgan fingerprint density at radius 3 is 2.67 bits per heavy atom. The largest absolute Gasteiger partial charge is 0.344 e. The normalized spacial score (nSPS) is 27.0. The summed E-state index contributed by atoms with van der Waals surface area (Å²) in [5.41, 5.74) is 0. The van der Waals surface area contributed by atoms with Crippen LogP contribution in [0.1, 0.15) is 26.2 Å². The zero-order valence-corrected chi connectivity index (χ0v) is 6.32. The van der Waals surface area contributed by atoms with Gasteiger partial charge in [-0.1, -0.05) is 13.3 Å². The van der Waals surface area contributed by atoms with Crippen molar-refractivity contribution in [3.63, 3.8) is 0 Å². The minimum Gasteiger partial charge on any atom is -0.344 e. The maximum Gasteiger partial charge on any atom is -0.00206 e.